The van der Waals surface area contributed by atoms with Crippen LogP contribution in [-0.4, -0.2) is 24.0 Å². The van der Waals surface area contributed by atoms with E-state index < -0.39 is 18.2 Å². The van der Waals surface area contributed by atoms with Gasteiger partial charge in [-0.2, -0.15) is 13.9 Å². The number of rotatable bonds is 6. The van der Waals surface area contributed by atoms with Gasteiger partial charge in [0.25, 0.3) is 0 Å². The summed E-state index contributed by atoms with van der Waals surface area (Å²) >= 11 is 1.30. The van der Waals surface area contributed by atoms with Crippen molar-refractivity contribution in [3.05, 3.63) is 69.8 Å². The zero-order valence-corrected chi connectivity index (χ0v) is 15.5. The lowest BCUT2D eigenvalue weighted by Gasteiger charge is -2.07. The van der Waals surface area contributed by atoms with Gasteiger partial charge in [0, 0.05) is 17.5 Å². The molecular formula is C19H15F4N3OS. The summed E-state index contributed by atoms with van der Waals surface area (Å²) in [6.07, 6.45) is 1.09. The summed E-state index contributed by atoms with van der Waals surface area (Å²) in [5.74, 6) is -1.44. The number of thiazole rings is 1. The van der Waals surface area contributed by atoms with Crippen molar-refractivity contribution >= 4 is 17.6 Å². The normalized spacial score (nSPS) is 12.3. The second kappa shape index (κ2) is 8.83. The highest BCUT2D eigenvalue weighted by molar-refractivity contribution is 7.07. The summed E-state index contributed by atoms with van der Waals surface area (Å²) in [5, 5.41) is 5.97. The third-order valence-electron chi connectivity index (χ3n) is 3.66. The first-order chi connectivity index (χ1) is 13.5. The Morgan fingerprint density at radius 1 is 1.11 bits per heavy atom. The van der Waals surface area contributed by atoms with Crippen LogP contribution in [0.4, 0.5) is 17.6 Å². The van der Waals surface area contributed by atoms with Gasteiger partial charge in [0.15, 0.2) is 0 Å². The maximum Gasteiger partial charge on any atom is 0.387 e. The Labute approximate surface area is 162 Å². The fourth-order valence-electron chi connectivity index (χ4n) is 2.41. The van der Waals surface area contributed by atoms with E-state index in [4.69, 9.17) is 0 Å². The Hall–Kier alpha value is -2.94. The first-order valence-electron chi connectivity index (χ1n) is 8.24. The van der Waals surface area contributed by atoms with E-state index in [0.29, 0.717) is 22.6 Å². The lowest BCUT2D eigenvalue weighted by atomic mass is 10.2. The minimum absolute atomic E-state index is 0.0240. The van der Waals surface area contributed by atoms with Gasteiger partial charge < -0.3 is 4.74 Å². The average Bonchev–Trinajstić information content (AvgIpc) is 3.04. The lowest BCUT2D eigenvalue weighted by molar-refractivity contribution is -0.0498. The predicted molar refractivity (Wildman–Crippen MR) is 99.8 cm³/mol. The van der Waals surface area contributed by atoms with Crippen molar-refractivity contribution in [3.8, 4) is 17.0 Å². The second-order valence-corrected chi connectivity index (χ2v) is 6.31. The summed E-state index contributed by atoms with van der Waals surface area (Å²) in [6, 6.07) is 9.54. The molecule has 0 aliphatic carbocycles. The molecule has 0 radical (unpaired) electrons. The van der Waals surface area contributed by atoms with Crippen LogP contribution in [0.3, 0.4) is 0 Å². The number of hydrogen-bond acceptors (Lipinski definition) is 4. The van der Waals surface area contributed by atoms with Crippen molar-refractivity contribution in [1.82, 2.24) is 4.68 Å². The zero-order chi connectivity index (χ0) is 20.1. The van der Waals surface area contributed by atoms with Gasteiger partial charge in [-0.05, 0) is 43.3 Å². The second-order valence-electron chi connectivity index (χ2n) is 5.47. The zero-order valence-electron chi connectivity index (χ0n) is 14.7. The molecule has 1 aromatic heterocycles. The largest absolute Gasteiger partial charge is 0.435 e. The average molecular weight is 409 g/mol. The van der Waals surface area contributed by atoms with Crippen molar-refractivity contribution in [2.45, 2.75) is 13.5 Å². The monoisotopic (exact) mass is 409 g/mol. The number of alkyl halides is 2. The van der Waals surface area contributed by atoms with Gasteiger partial charge in [-0.15, -0.1) is 11.3 Å². The molecule has 0 spiro atoms. The van der Waals surface area contributed by atoms with E-state index in [-0.39, 0.29) is 11.3 Å². The van der Waals surface area contributed by atoms with E-state index in [1.54, 1.807) is 17.5 Å². The van der Waals surface area contributed by atoms with Crippen molar-refractivity contribution < 1.29 is 22.3 Å². The van der Waals surface area contributed by atoms with E-state index in [0.717, 1.165) is 18.3 Å². The summed E-state index contributed by atoms with van der Waals surface area (Å²) in [5.41, 5.74) is 0.977. The van der Waals surface area contributed by atoms with E-state index >= 15 is 0 Å². The molecule has 0 amide bonds. The van der Waals surface area contributed by atoms with Gasteiger partial charge in [0.1, 0.15) is 17.4 Å². The minimum Gasteiger partial charge on any atom is -0.435 e. The van der Waals surface area contributed by atoms with Crippen LogP contribution in [0.1, 0.15) is 12.5 Å². The highest BCUT2D eigenvalue weighted by atomic mass is 32.1. The molecule has 0 aliphatic rings. The van der Waals surface area contributed by atoms with E-state index in [9.17, 15) is 17.6 Å². The van der Waals surface area contributed by atoms with Gasteiger partial charge >= 0.3 is 6.61 Å². The lowest BCUT2D eigenvalue weighted by Crippen LogP contribution is -2.12. The molecule has 0 atom stereocenters. The van der Waals surface area contributed by atoms with Crippen molar-refractivity contribution in [2.24, 2.45) is 10.1 Å². The molecule has 3 rings (SSSR count). The van der Waals surface area contributed by atoms with Gasteiger partial charge in [0.2, 0.25) is 4.80 Å². The van der Waals surface area contributed by atoms with E-state index in [2.05, 4.69) is 14.8 Å². The smallest absolute Gasteiger partial charge is 0.387 e. The molecule has 146 valence electrons. The van der Waals surface area contributed by atoms with E-state index in [1.807, 2.05) is 6.92 Å². The van der Waals surface area contributed by atoms with Crippen LogP contribution in [0.15, 0.2) is 57.9 Å². The Morgan fingerprint density at radius 2 is 1.79 bits per heavy atom. The standard InChI is InChI=1S/C19H15F4N3OS/c1-2-24-19-26(25-10-14-15(20)4-3-5-16(14)21)17(11-28-19)12-6-8-13(9-7-12)27-18(22)23/h3-11,18H,2H2,1H3. The number of ether oxygens (including phenoxy) is 1. The Bertz CT molecular complexity index is 1020. The SMILES string of the molecule is CCN=c1scc(-c2ccc(OC(F)F)cc2)n1N=Cc1c(F)cccc1F. The highest BCUT2D eigenvalue weighted by Crippen LogP contribution is 2.24. The quantitative estimate of drug-likeness (QED) is 0.422. The fourth-order valence-corrected chi connectivity index (χ4v) is 3.31. The Morgan fingerprint density at radius 3 is 2.39 bits per heavy atom. The van der Waals surface area contributed by atoms with Crippen LogP contribution in [-0.2, 0) is 0 Å². The molecule has 0 bridgehead atoms. The summed E-state index contributed by atoms with van der Waals surface area (Å²) in [6.45, 7) is -0.572. The number of hydrogen-bond donors (Lipinski definition) is 0. The molecule has 2 aromatic carbocycles. The van der Waals surface area contributed by atoms with Crippen LogP contribution < -0.4 is 9.54 Å². The molecule has 0 saturated carbocycles. The number of halogens is 4. The number of nitrogens with zero attached hydrogens (tertiary/aromatic N) is 3. The van der Waals surface area contributed by atoms with Crippen LogP contribution in [0, 0.1) is 11.6 Å². The molecule has 0 aliphatic heterocycles. The number of aromatic nitrogens is 1. The maximum absolute atomic E-state index is 13.9. The molecule has 0 unspecified atom stereocenters. The molecule has 0 saturated heterocycles. The van der Waals surface area contributed by atoms with Crippen LogP contribution in [0.2, 0.25) is 0 Å². The predicted octanol–water partition coefficient (Wildman–Crippen LogP) is 4.90. The first-order valence-corrected chi connectivity index (χ1v) is 9.12. The van der Waals surface area contributed by atoms with Gasteiger partial charge in [-0.25, -0.2) is 13.5 Å². The molecular weight excluding hydrogens is 394 g/mol. The number of benzene rings is 2. The summed E-state index contributed by atoms with van der Waals surface area (Å²) < 4.78 is 58.1. The fraction of sp³-hybridized carbons (Fsp3) is 0.158. The van der Waals surface area contributed by atoms with Gasteiger partial charge in [0.05, 0.1) is 17.5 Å². The first kappa shape index (κ1) is 19.8. The Kier molecular flexibility index (Phi) is 6.25. The molecule has 1 heterocycles. The van der Waals surface area contributed by atoms with Gasteiger partial charge in [-0.3, -0.25) is 4.99 Å². The van der Waals surface area contributed by atoms with Crippen molar-refractivity contribution in [1.29, 1.82) is 0 Å². The molecule has 9 heteroatoms. The highest BCUT2D eigenvalue weighted by Gasteiger charge is 2.10. The maximum atomic E-state index is 13.9. The van der Waals surface area contributed by atoms with Crippen molar-refractivity contribution in [3.63, 3.8) is 0 Å². The minimum atomic E-state index is -2.91. The van der Waals surface area contributed by atoms with E-state index in [1.165, 1.54) is 34.2 Å². The molecule has 3 aromatic rings. The van der Waals surface area contributed by atoms with Crippen LogP contribution >= 0.6 is 11.3 Å². The third kappa shape index (κ3) is 4.48. The molecule has 4 nitrogen and oxygen atoms in total. The summed E-state index contributed by atoms with van der Waals surface area (Å²) in [7, 11) is 0. The van der Waals surface area contributed by atoms with Gasteiger partial charge in [-0.1, -0.05) is 6.07 Å². The van der Waals surface area contributed by atoms with Crippen LogP contribution in [0.5, 0.6) is 5.75 Å². The topological polar surface area (TPSA) is 38.9 Å². The van der Waals surface area contributed by atoms with Crippen LogP contribution in [0.25, 0.3) is 11.3 Å². The molecule has 0 N–H and O–H groups in total. The summed E-state index contributed by atoms with van der Waals surface area (Å²) in [4.78, 5) is 4.85. The molecule has 0 fully saturated rings. The third-order valence-corrected chi connectivity index (χ3v) is 4.51. The Balaban J connectivity index is 2.02. The van der Waals surface area contributed by atoms with Crippen molar-refractivity contribution in [2.75, 3.05) is 6.54 Å². The molecule has 28 heavy (non-hydrogen) atoms.